The van der Waals surface area contributed by atoms with Crippen molar-refractivity contribution in [2.24, 2.45) is 0 Å². The summed E-state index contributed by atoms with van der Waals surface area (Å²) in [5.41, 5.74) is 5.29. The van der Waals surface area contributed by atoms with Gasteiger partial charge < -0.3 is 14.9 Å². The minimum atomic E-state index is -1.02. The molecule has 0 atom stereocenters. The predicted octanol–water partition coefficient (Wildman–Crippen LogP) is 5.09. The molecule has 0 fully saturated rings. The van der Waals surface area contributed by atoms with E-state index in [1.54, 1.807) is 24.3 Å². The standard InChI is InChI=1S/C22H24O4/c1-14(2)5-9-19-15(3)11-18(23)13-17(19)8-6-16-7-10-20(22(24)25)21(12-16)26-4/h5-8,10-13,23H,9H2,1-4H3,(H,24,25)/b8-6+. The Balaban J connectivity index is 2.41. The smallest absolute Gasteiger partial charge is 0.339 e. The second kappa shape index (κ2) is 8.39. The van der Waals surface area contributed by atoms with Crippen LogP contribution in [0.2, 0.25) is 0 Å². The molecule has 0 saturated carbocycles. The summed E-state index contributed by atoms with van der Waals surface area (Å²) in [5.74, 6) is -0.483. The van der Waals surface area contributed by atoms with Crippen LogP contribution in [0.15, 0.2) is 42.0 Å². The summed E-state index contributed by atoms with van der Waals surface area (Å²) >= 11 is 0. The number of aryl methyl sites for hydroxylation is 1. The van der Waals surface area contributed by atoms with Crippen LogP contribution < -0.4 is 4.74 Å². The average Bonchev–Trinajstić information content (AvgIpc) is 2.58. The molecule has 0 radical (unpaired) electrons. The summed E-state index contributed by atoms with van der Waals surface area (Å²) in [4.78, 5) is 11.2. The van der Waals surface area contributed by atoms with Gasteiger partial charge in [0.2, 0.25) is 0 Å². The number of rotatable bonds is 6. The molecule has 0 unspecified atom stereocenters. The van der Waals surface area contributed by atoms with E-state index in [1.807, 2.05) is 19.1 Å². The zero-order valence-electron chi connectivity index (χ0n) is 15.5. The van der Waals surface area contributed by atoms with Crippen molar-refractivity contribution >= 4 is 18.1 Å². The molecule has 26 heavy (non-hydrogen) atoms. The van der Waals surface area contributed by atoms with E-state index in [2.05, 4.69) is 19.9 Å². The highest BCUT2D eigenvalue weighted by molar-refractivity contribution is 5.91. The van der Waals surface area contributed by atoms with E-state index in [4.69, 9.17) is 9.84 Å². The second-order valence-corrected chi connectivity index (χ2v) is 6.41. The molecule has 136 valence electrons. The molecule has 4 heteroatoms. The SMILES string of the molecule is COc1cc(/C=C/c2cc(O)cc(C)c2CC=C(C)C)ccc1C(=O)O. The van der Waals surface area contributed by atoms with E-state index >= 15 is 0 Å². The zero-order chi connectivity index (χ0) is 19.3. The third-order valence-corrected chi connectivity index (χ3v) is 4.12. The molecular formula is C22H24O4. The fourth-order valence-corrected chi connectivity index (χ4v) is 2.73. The third-order valence-electron chi connectivity index (χ3n) is 4.12. The number of hydrogen-bond donors (Lipinski definition) is 2. The zero-order valence-corrected chi connectivity index (χ0v) is 15.5. The highest BCUT2D eigenvalue weighted by Gasteiger charge is 2.10. The summed E-state index contributed by atoms with van der Waals surface area (Å²) in [6, 6.07) is 8.44. The van der Waals surface area contributed by atoms with E-state index in [-0.39, 0.29) is 11.3 Å². The molecule has 2 aromatic carbocycles. The van der Waals surface area contributed by atoms with Gasteiger partial charge >= 0.3 is 5.97 Å². The maximum Gasteiger partial charge on any atom is 0.339 e. The number of phenolic OH excluding ortho intramolecular Hbond substituents is 1. The first-order chi connectivity index (χ1) is 12.3. The molecule has 2 rings (SSSR count). The van der Waals surface area contributed by atoms with Gasteiger partial charge in [-0.1, -0.05) is 29.9 Å². The molecule has 2 aromatic rings. The molecule has 0 spiro atoms. The fraction of sp³-hybridized carbons (Fsp3) is 0.227. The minimum Gasteiger partial charge on any atom is -0.508 e. The van der Waals surface area contributed by atoms with Gasteiger partial charge in [-0.05, 0) is 73.7 Å². The quantitative estimate of drug-likeness (QED) is 0.561. The number of methoxy groups -OCH3 is 1. The topological polar surface area (TPSA) is 66.8 Å². The Hall–Kier alpha value is -3.01. The number of ether oxygens (including phenoxy) is 1. The monoisotopic (exact) mass is 352 g/mol. The summed E-state index contributed by atoms with van der Waals surface area (Å²) in [6.45, 7) is 6.10. The lowest BCUT2D eigenvalue weighted by atomic mass is 9.96. The van der Waals surface area contributed by atoms with Crippen molar-refractivity contribution in [2.45, 2.75) is 27.2 Å². The molecule has 0 heterocycles. The molecule has 0 amide bonds. The van der Waals surface area contributed by atoms with Crippen LogP contribution in [0.25, 0.3) is 12.2 Å². The molecule has 4 nitrogen and oxygen atoms in total. The Morgan fingerprint density at radius 2 is 1.88 bits per heavy atom. The van der Waals surface area contributed by atoms with Crippen molar-refractivity contribution in [1.29, 1.82) is 0 Å². The van der Waals surface area contributed by atoms with Crippen LogP contribution in [0.4, 0.5) is 0 Å². The Bertz CT molecular complexity index is 872. The van der Waals surface area contributed by atoms with E-state index in [0.29, 0.717) is 5.75 Å². The maximum absolute atomic E-state index is 11.2. The predicted molar refractivity (Wildman–Crippen MR) is 105 cm³/mol. The number of hydrogen-bond acceptors (Lipinski definition) is 3. The lowest BCUT2D eigenvalue weighted by Crippen LogP contribution is -2.00. The highest BCUT2D eigenvalue weighted by Crippen LogP contribution is 2.26. The van der Waals surface area contributed by atoms with Crippen LogP contribution in [0, 0.1) is 6.92 Å². The number of allylic oxidation sites excluding steroid dienone is 2. The molecule has 0 aliphatic heterocycles. The third kappa shape index (κ3) is 4.76. The van der Waals surface area contributed by atoms with Crippen LogP contribution in [-0.4, -0.2) is 23.3 Å². The van der Waals surface area contributed by atoms with Crippen molar-refractivity contribution < 1.29 is 19.7 Å². The van der Waals surface area contributed by atoms with E-state index < -0.39 is 5.97 Å². The number of carbonyl (C=O) groups is 1. The Morgan fingerprint density at radius 1 is 1.15 bits per heavy atom. The van der Waals surface area contributed by atoms with Crippen LogP contribution in [0.5, 0.6) is 11.5 Å². The Kier molecular flexibility index (Phi) is 6.23. The van der Waals surface area contributed by atoms with Crippen molar-refractivity contribution in [3.05, 3.63) is 69.8 Å². The molecule has 0 saturated heterocycles. The number of carboxylic acid groups (broad SMARTS) is 1. The minimum absolute atomic E-state index is 0.127. The van der Waals surface area contributed by atoms with Gasteiger partial charge in [-0.15, -0.1) is 0 Å². The fourth-order valence-electron chi connectivity index (χ4n) is 2.73. The highest BCUT2D eigenvalue weighted by atomic mass is 16.5. The van der Waals surface area contributed by atoms with E-state index in [1.165, 1.54) is 18.7 Å². The first kappa shape index (κ1) is 19.3. The normalized spacial score (nSPS) is 10.8. The largest absolute Gasteiger partial charge is 0.508 e. The van der Waals surface area contributed by atoms with Crippen LogP contribution in [0.1, 0.15) is 46.5 Å². The molecule has 0 aromatic heterocycles. The van der Waals surface area contributed by atoms with Crippen molar-refractivity contribution in [3.8, 4) is 11.5 Å². The second-order valence-electron chi connectivity index (χ2n) is 6.41. The number of phenols is 1. The maximum atomic E-state index is 11.2. The average molecular weight is 352 g/mol. The molecule has 0 aliphatic rings. The van der Waals surface area contributed by atoms with Gasteiger partial charge in [-0.3, -0.25) is 0 Å². The van der Waals surface area contributed by atoms with Crippen molar-refractivity contribution in [1.82, 2.24) is 0 Å². The lowest BCUT2D eigenvalue weighted by Gasteiger charge is -2.10. The lowest BCUT2D eigenvalue weighted by molar-refractivity contribution is 0.0693. The van der Waals surface area contributed by atoms with Gasteiger partial charge in [-0.2, -0.15) is 0 Å². The van der Waals surface area contributed by atoms with Crippen LogP contribution in [0.3, 0.4) is 0 Å². The first-order valence-electron chi connectivity index (χ1n) is 8.37. The van der Waals surface area contributed by atoms with Crippen molar-refractivity contribution in [2.75, 3.05) is 7.11 Å². The number of benzene rings is 2. The van der Waals surface area contributed by atoms with E-state index in [0.717, 1.165) is 28.7 Å². The summed E-state index contributed by atoms with van der Waals surface area (Å²) in [5, 5.41) is 19.1. The summed E-state index contributed by atoms with van der Waals surface area (Å²) in [7, 11) is 1.45. The molecule has 0 aliphatic carbocycles. The van der Waals surface area contributed by atoms with Gasteiger partial charge in [0.25, 0.3) is 0 Å². The molecule has 0 bridgehead atoms. The van der Waals surface area contributed by atoms with Gasteiger partial charge in [0.1, 0.15) is 17.1 Å². The first-order valence-corrected chi connectivity index (χ1v) is 8.37. The number of aromatic carboxylic acids is 1. The van der Waals surface area contributed by atoms with Gasteiger partial charge in [-0.25, -0.2) is 4.79 Å². The van der Waals surface area contributed by atoms with Crippen molar-refractivity contribution in [3.63, 3.8) is 0 Å². The van der Waals surface area contributed by atoms with E-state index in [9.17, 15) is 9.90 Å². The van der Waals surface area contributed by atoms with Gasteiger partial charge in [0, 0.05) is 0 Å². The van der Waals surface area contributed by atoms with Crippen LogP contribution in [-0.2, 0) is 6.42 Å². The summed E-state index contributed by atoms with van der Waals surface area (Å²) < 4.78 is 5.16. The molecule has 2 N–H and O–H groups in total. The Morgan fingerprint density at radius 3 is 2.50 bits per heavy atom. The molecular weight excluding hydrogens is 328 g/mol. The van der Waals surface area contributed by atoms with Gasteiger partial charge in [0.05, 0.1) is 7.11 Å². The van der Waals surface area contributed by atoms with Gasteiger partial charge in [0.15, 0.2) is 0 Å². The Labute approximate surface area is 154 Å². The van der Waals surface area contributed by atoms with Crippen LogP contribution >= 0.6 is 0 Å². The number of aromatic hydroxyl groups is 1. The summed E-state index contributed by atoms with van der Waals surface area (Å²) in [6.07, 6.45) is 6.75. The number of carboxylic acids is 1.